The van der Waals surface area contributed by atoms with Crippen LogP contribution in [0.1, 0.15) is 16.8 Å². The summed E-state index contributed by atoms with van der Waals surface area (Å²) in [6, 6.07) is 16.9. The van der Waals surface area contributed by atoms with Crippen molar-refractivity contribution in [1.82, 2.24) is 14.3 Å². The lowest BCUT2D eigenvalue weighted by Gasteiger charge is -2.10. The topological polar surface area (TPSA) is 59.8 Å². The van der Waals surface area contributed by atoms with E-state index in [0.29, 0.717) is 16.6 Å². The first-order valence-electron chi connectivity index (χ1n) is 8.47. The molecule has 0 aliphatic heterocycles. The maximum absolute atomic E-state index is 13.0. The van der Waals surface area contributed by atoms with Crippen LogP contribution in [0, 0.1) is 20.8 Å². The van der Waals surface area contributed by atoms with E-state index in [1.54, 1.807) is 4.57 Å². The first-order valence-corrected chi connectivity index (χ1v) is 8.47. The first-order chi connectivity index (χ1) is 12.5. The van der Waals surface area contributed by atoms with E-state index in [-0.39, 0.29) is 11.1 Å². The lowest BCUT2D eigenvalue weighted by atomic mass is 10.2. The van der Waals surface area contributed by atoms with Crippen molar-refractivity contribution in [1.29, 1.82) is 0 Å². The molecule has 2 aromatic carbocycles. The summed E-state index contributed by atoms with van der Waals surface area (Å²) in [7, 11) is 0. The molecule has 0 radical (unpaired) electrons. The molecule has 4 aromatic rings. The minimum Gasteiger partial charge on any atom is -0.290 e. The number of nitrogens with zero attached hydrogens (tertiary/aromatic N) is 2. The molecule has 0 spiro atoms. The maximum Gasteiger partial charge on any atom is 0.280 e. The van der Waals surface area contributed by atoms with Gasteiger partial charge in [0.25, 0.3) is 11.1 Å². The predicted molar refractivity (Wildman–Crippen MR) is 104 cm³/mol. The Morgan fingerprint density at radius 1 is 0.808 bits per heavy atom. The van der Waals surface area contributed by atoms with E-state index in [0.717, 1.165) is 22.5 Å². The number of benzene rings is 2. The van der Waals surface area contributed by atoms with Gasteiger partial charge in [-0.3, -0.25) is 19.3 Å². The molecular formula is C21H19N3O2. The second kappa shape index (κ2) is 5.88. The highest BCUT2D eigenvalue weighted by atomic mass is 16.1. The molecule has 0 aliphatic carbocycles. The van der Waals surface area contributed by atoms with Gasteiger partial charge in [0.05, 0.1) is 16.6 Å². The molecule has 0 amide bonds. The molecule has 2 aromatic heterocycles. The van der Waals surface area contributed by atoms with Crippen molar-refractivity contribution in [3.8, 4) is 11.4 Å². The van der Waals surface area contributed by atoms with Crippen molar-refractivity contribution in [3.05, 3.63) is 92.1 Å². The van der Waals surface area contributed by atoms with Crippen LogP contribution in [0.2, 0.25) is 0 Å². The predicted octanol–water partition coefficient (Wildman–Crippen LogP) is 3.39. The quantitative estimate of drug-likeness (QED) is 0.605. The van der Waals surface area contributed by atoms with Crippen LogP contribution in [0.3, 0.4) is 0 Å². The SMILES string of the molecule is Cc1cccc(-n2[nH]c3cc(=O)n(-c4cccc(C)c4)c(C)c3c2=O)c1. The standard InChI is InChI=1S/C21H19N3O2/c1-13-6-4-8-16(10-13)23-15(3)20-18(12-19(23)25)22-24(21(20)26)17-9-5-7-14(2)11-17/h4-12,22H,1-3H3. The molecule has 1 N–H and O–H groups in total. The molecule has 0 atom stereocenters. The minimum atomic E-state index is -0.168. The van der Waals surface area contributed by atoms with Gasteiger partial charge in [-0.05, 0) is 56.2 Å². The molecular weight excluding hydrogens is 326 g/mol. The summed E-state index contributed by atoms with van der Waals surface area (Å²) in [6.45, 7) is 5.76. The van der Waals surface area contributed by atoms with Gasteiger partial charge in [-0.2, -0.15) is 0 Å². The largest absolute Gasteiger partial charge is 0.290 e. The van der Waals surface area contributed by atoms with E-state index < -0.39 is 0 Å². The van der Waals surface area contributed by atoms with Gasteiger partial charge < -0.3 is 0 Å². The molecule has 0 saturated heterocycles. The van der Waals surface area contributed by atoms with Crippen LogP contribution in [0.15, 0.2) is 64.2 Å². The molecule has 0 saturated carbocycles. The maximum atomic E-state index is 13.0. The van der Waals surface area contributed by atoms with Gasteiger partial charge >= 0.3 is 0 Å². The van der Waals surface area contributed by atoms with Gasteiger partial charge in [0.2, 0.25) is 0 Å². The number of hydrogen-bond acceptors (Lipinski definition) is 2. The third kappa shape index (κ3) is 2.49. The fourth-order valence-corrected chi connectivity index (χ4v) is 3.41. The zero-order valence-corrected chi connectivity index (χ0v) is 14.9. The lowest BCUT2D eigenvalue weighted by molar-refractivity contribution is 0.862. The molecule has 26 heavy (non-hydrogen) atoms. The van der Waals surface area contributed by atoms with Gasteiger partial charge in [-0.25, -0.2) is 4.68 Å². The van der Waals surface area contributed by atoms with Crippen molar-refractivity contribution in [2.75, 3.05) is 0 Å². The summed E-state index contributed by atoms with van der Waals surface area (Å²) in [4.78, 5) is 25.7. The van der Waals surface area contributed by atoms with E-state index in [2.05, 4.69) is 5.10 Å². The third-order valence-electron chi connectivity index (χ3n) is 4.62. The molecule has 4 rings (SSSR count). The molecule has 130 valence electrons. The van der Waals surface area contributed by atoms with E-state index >= 15 is 0 Å². The van der Waals surface area contributed by atoms with Crippen molar-refractivity contribution in [3.63, 3.8) is 0 Å². The molecule has 0 bridgehead atoms. The zero-order chi connectivity index (χ0) is 18.4. The number of nitrogens with one attached hydrogen (secondary N) is 1. The highest BCUT2D eigenvalue weighted by Gasteiger charge is 2.16. The molecule has 5 heteroatoms. The highest BCUT2D eigenvalue weighted by Crippen LogP contribution is 2.17. The summed E-state index contributed by atoms with van der Waals surface area (Å²) in [5, 5.41) is 3.59. The normalized spacial score (nSPS) is 11.2. The zero-order valence-electron chi connectivity index (χ0n) is 14.9. The third-order valence-corrected chi connectivity index (χ3v) is 4.62. The lowest BCUT2D eigenvalue weighted by Crippen LogP contribution is -2.21. The Morgan fingerprint density at radius 3 is 2.08 bits per heavy atom. The number of aromatic nitrogens is 3. The summed E-state index contributed by atoms with van der Waals surface area (Å²) >= 11 is 0. The fraction of sp³-hybridized carbons (Fsp3) is 0.143. The Kier molecular flexibility index (Phi) is 3.65. The van der Waals surface area contributed by atoms with Crippen LogP contribution in [0.4, 0.5) is 0 Å². The monoisotopic (exact) mass is 345 g/mol. The van der Waals surface area contributed by atoms with Crippen LogP contribution < -0.4 is 11.1 Å². The molecule has 5 nitrogen and oxygen atoms in total. The van der Waals surface area contributed by atoms with Crippen molar-refractivity contribution < 1.29 is 0 Å². The Morgan fingerprint density at radius 2 is 1.42 bits per heavy atom. The van der Waals surface area contributed by atoms with Gasteiger partial charge in [0, 0.05) is 17.4 Å². The summed E-state index contributed by atoms with van der Waals surface area (Å²) in [5.41, 5.74) is 4.47. The van der Waals surface area contributed by atoms with Gasteiger partial charge in [0.15, 0.2) is 0 Å². The van der Waals surface area contributed by atoms with E-state index in [9.17, 15) is 9.59 Å². The Labute approximate surface area is 150 Å². The van der Waals surface area contributed by atoms with Gasteiger partial charge in [-0.1, -0.05) is 24.3 Å². The van der Waals surface area contributed by atoms with E-state index in [1.807, 2.05) is 69.3 Å². The Bertz CT molecular complexity index is 1260. The smallest absolute Gasteiger partial charge is 0.280 e. The first kappa shape index (κ1) is 16.1. The van der Waals surface area contributed by atoms with E-state index in [4.69, 9.17) is 0 Å². The number of H-pyrrole nitrogens is 1. The van der Waals surface area contributed by atoms with Crippen molar-refractivity contribution in [2.24, 2.45) is 0 Å². The average Bonchev–Trinajstić information content (AvgIpc) is 2.91. The second-order valence-electron chi connectivity index (χ2n) is 6.62. The Balaban J connectivity index is 2.03. The van der Waals surface area contributed by atoms with Gasteiger partial charge in [-0.15, -0.1) is 0 Å². The number of aromatic amines is 1. The second-order valence-corrected chi connectivity index (χ2v) is 6.62. The fourth-order valence-electron chi connectivity index (χ4n) is 3.41. The summed E-state index contributed by atoms with van der Waals surface area (Å²) in [6.07, 6.45) is 0. The van der Waals surface area contributed by atoms with Crippen LogP contribution in [0.25, 0.3) is 22.3 Å². The highest BCUT2D eigenvalue weighted by molar-refractivity contribution is 5.81. The summed E-state index contributed by atoms with van der Waals surface area (Å²) in [5.74, 6) is 0. The van der Waals surface area contributed by atoms with E-state index in [1.165, 1.54) is 10.7 Å². The van der Waals surface area contributed by atoms with Crippen LogP contribution in [-0.4, -0.2) is 14.3 Å². The number of hydrogen-bond donors (Lipinski definition) is 1. The average molecular weight is 345 g/mol. The molecule has 0 aliphatic rings. The number of pyridine rings is 1. The molecule has 0 unspecified atom stereocenters. The molecule has 0 fully saturated rings. The van der Waals surface area contributed by atoms with Crippen LogP contribution in [0.5, 0.6) is 0 Å². The van der Waals surface area contributed by atoms with Crippen molar-refractivity contribution in [2.45, 2.75) is 20.8 Å². The molecule has 2 heterocycles. The van der Waals surface area contributed by atoms with Crippen molar-refractivity contribution >= 4 is 10.9 Å². The minimum absolute atomic E-state index is 0.162. The van der Waals surface area contributed by atoms with Crippen LogP contribution in [-0.2, 0) is 0 Å². The summed E-state index contributed by atoms with van der Waals surface area (Å²) < 4.78 is 3.08. The van der Waals surface area contributed by atoms with Gasteiger partial charge in [0.1, 0.15) is 0 Å². The van der Waals surface area contributed by atoms with Crippen LogP contribution >= 0.6 is 0 Å². The Hall–Kier alpha value is -3.34. The number of aryl methyl sites for hydroxylation is 3. The number of rotatable bonds is 2. The number of fused-ring (bicyclic) bond motifs is 1.